The van der Waals surface area contributed by atoms with Gasteiger partial charge in [0.2, 0.25) is 11.4 Å². The summed E-state index contributed by atoms with van der Waals surface area (Å²) in [5.74, 6) is 0. The highest BCUT2D eigenvalue weighted by Crippen LogP contribution is 2.54. The van der Waals surface area contributed by atoms with E-state index in [1.807, 2.05) is 11.3 Å². The lowest BCUT2D eigenvalue weighted by molar-refractivity contribution is -0.766. The Labute approximate surface area is 343 Å². The minimum atomic E-state index is -0.325. The van der Waals surface area contributed by atoms with Crippen LogP contribution in [-0.2, 0) is 23.8 Å². The smallest absolute Gasteiger partial charge is 0.218 e. The second-order valence-corrected chi connectivity index (χ2v) is 20.0. The summed E-state index contributed by atoms with van der Waals surface area (Å²) in [5, 5.41) is 8.02. The van der Waals surface area contributed by atoms with E-state index in [1.54, 1.807) is 0 Å². The summed E-state index contributed by atoms with van der Waals surface area (Å²) in [6, 6.07) is 46.5. The third-order valence-corrected chi connectivity index (χ3v) is 15.4. The molecule has 0 saturated heterocycles. The normalized spacial score (nSPS) is 19.5. The van der Waals surface area contributed by atoms with Crippen LogP contribution in [0.25, 0.3) is 86.5 Å². The molecular weight excluding hydrogens is 723 g/mol. The van der Waals surface area contributed by atoms with E-state index < -0.39 is 0 Å². The van der Waals surface area contributed by atoms with Gasteiger partial charge in [0, 0.05) is 78.5 Å². The first-order chi connectivity index (χ1) is 28.0. The molecule has 4 heteroatoms. The monoisotopic (exact) mass is 769 g/mol. The first-order valence-corrected chi connectivity index (χ1v) is 21.7. The second kappa shape index (κ2) is 11.6. The average Bonchev–Trinajstić information content (AvgIpc) is 3.86. The molecule has 0 N–H and O–H groups in total. The van der Waals surface area contributed by atoms with Gasteiger partial charge >= 0.3 is 0 Å². The molecule has 2 atom stereocenters. The van der Waals surface area contributed by atoms with Crippen LogP contribution in [0.1, 0.15) is 64.2 Å². The van der Waals surface area contributed by atoms with Gasteiger partial charge in [-0.15, -0.1) is 11.3 Å². The Morgan fingerprint density at radius 1 is 0.672 bits per heavy atom. The highest BCUT2D eigenvalue weighted by Gasteiger charge is 2.59. The predicted octanol–water partition coefficient (Wildman–Crippen LogP) is 13.2. The van der Waals surface area contributed by atoms with E-state index in [9.17, 15) is 0 Å². The van der Waals surface area contributed by atoms with Crippen LogP contribution in [0, 0.1) is 5.41 Å². The van der Waals surface area contributed by atoms with Crippen molar-refractivity contribution in [3.63, 3.8) is 0 Å². The van der Waals surface area contributed by atoms with Crippen LogP contribution in [0.3, 0.4) is 0 Å². The third-order valence-electron chi connectivity index (χ3n) is 14.2. The second-order valence-electron chi connectivity index (χ2n) is 18.9. The number of thiophene rings is 1. The molecule has 10 aromatic rings. The highest BCUT2D eigenvalue weighted by molar-refractivity contribution is 7.25. The van der Waals surface area contributed by atoms with Gasteiger partial charge in [-0.25, -0.2) is 0 Å². The molecule has 5 aromatic carbocycles. The molecule has 0 saturated carbocycles. The minimum Gasteiger partial charge on any atom is -0.308 e. The number of rotatable bonds is 1. The van der Waals surface area contributed by atoms with E-state index in [1.165, 1.54) is 97.5 Å². The van der Waals surface area contributed by atoms with Crippen molar-refractivity contribution in [1.29, 1.82) is 0 Å². The van der Waals surface area contributed by atoms with Gasteiger partial charge in [-0.05, 0) is 97.3 Å². The minimum absolute atomic E-state index is 0.171. The van der Waals surface area contributed by atoms with E-state index in [4.69, 9.17) is 6.58 Å². The number of aryl methyl sites for hydroxylation is 1. The molecule has 2 unspecified atom stereocenters. The van der Waals surface area contributed by atoms with E-state index in [0.717, 1.165) is 31.4 Å². The van der Waals surface area contributed by atoms with Gasteiger partial charge in [-0.2, -0.15) is 9.13 Å². The lowest BCUT2D eigenvalue weighted by Crippen LogP contribution is -2.68. The van der Waals surface area contributed by atoms with Crippen molar-refractivity contribution in [3.8, 4) is 22.5 Å². The molecule has 0 radical (unpaired) electrons. The standard InChI is InChI=1S/C54H47N3S/c1-33-31-54(6)53(5,23-21-35-14-7-8-15-36(35)45-19-11-12-24-55(33)45)44-30-48-40(27-43(44)46-26-34(22-25-56(46)54)32-52(2,3)4)38-17-13-18-39-41-29-50-42(28-47(41)57(48)51(38)39)37-16-9-10-20-49(37)58-50/h7-20,22,24-30H,1,21,23,31-32H2,2-6H3/q+2. The zero-order valence-corrected chi connectivity index (χ0v) is 34.8. The molecule has 0 spiro atoms. The summed E-state index contributed by atoms with van der Waals surface area (Å²) in [4.78, 5) is 0. The zero-order chi connectivity index (χ0) is 39.3. The van der Waals surface area contributed by atoms with Crippen LogP contribution in [0.4, 0.5) is 0 Å². The maximum atomic E-state index is 4.89. The van der Waals surface area contributed by atoms with Crippen molar-refractivity contribution < 1.29 is 9.13 Å². The molecule has 2 aliphatic heterocycles. The molecule has 7 heterocycles. The van der Waals surface area contributed by atoms with Gasteiger partial charge < -0.3 is 4.40 Å². The number of nitrogens with zero attached hydrogens (tertiary/aromatic N) is 3. The Kier molecular flexibility index (Phi) is 6.87. The lowest BCUT2D eigenvalue weighted by atomic mass is 9.59. The van der Waals surface area contributed by atoms with Crippen molar-refractivity contribution >= 4 is 75.3 Å². The summed E-state index contributed by atoms with van der Waals surface area (Å²) < 4.78 is 10.3. The van der Waals surface area contributed by atoms with Gasteiger partial charge in [0.05, 0.1) is 33.9 Å². The van der Waals surface area contributed by atoms with Gasteiger partial charge in [0.25, 0.3) is 0 Å². The van der Waals surface area contributed by atoms with E-state index >= 15 is 0 Å². The Morgan fingerprint density at radius 2 is 1.41 bits per heavy atom. The average molecular weight is 770 g/mol. The van der Waals surface area contributed by atoms with Crippen LogP contribution in [0.2, 0.25) is 0 Å². The fourth-order valence-corrected chi connectivity index (χ4v) is 12.5. The zero-order valence-electron chi connectivity index (χ0n) is 34.0. The number of benzene rings is 5. The molecule has 3 nitrogen and oxygen atoms in total. The molecular formula is C54H47N3S+2. The molecule has 0 amide bonds. The fourth-order valence-electron chi connectivity index (χ4n) is 11.3. The summed E-state index contributed by atoms with van der Waals surface area (Å²) in [6.45, 7) is 17.0. The summed E-state index contributed by atoms with van der Waals surface area (Å²) in [7, 11) is 0. The quantitative estimate of drug-likeness (QED) is 0.147. The van der Waals surface area contributed by atoms with Gasteiger partial charge in [-0.3, -0.25) is 0 Å². The summed E-state index contributed by atoms with van der Waals surface area (Å²) in [5.41, 5.74) is 14.0. The number of allylic oxidation sites excluding steroid dienone is 1. The number of aromatic nitrogens is 3. The fraction of sp³-hybridized carbons (Fsp3) is 0.222. The van der Waals surface area contributed by atoms with Crippen molar-refractivity contribution in [3.05, 3.63) is 157 Å². The van der Waals surface area contributed by atoms with Crippen molar-refractivity contribution in [2.24, 2.45) is 5.41 Å². The van der Waals surface area contributed by atoms with Crippen molar-refractivity contribution in [2.75, 3.05) is 0 Å². The number of hydrogen-bond donors (Lipinski definition) is 0. The van der Waals surface area contributed by atoms with E-state index in [0.29, 0.717) is 0 Å². The third kappa shape index (κ3) is 4.55. The van der Waals surface area contributed by atoms with Gasteiger partial charge in [0.1, 0.15) is 0 Å². The molecule has 12 rings (SSSR count). The van der Waals surface area contributed by atoms with Gasteiger partial charge in [-0.1, -0.05) is 75.4 Å². The largest absolute Gasteiger partial charge is 0.308 e. The Hall–Kier alpha value is -5.84. The lowest BCUT2D eigenvalue weighted by Gasteiger charge is -2.47. The van der Waals surface area contributed by atoms with E-state index in [2.05, 4.69) is 182 Å². The number of para-hydroxylation sites is 1. The predicted molar refractivity (Wildman–Crippen MR) is 244 cm³/mol. The van der Waals surface area contributed by atoms with Crippen molar-refractivity contribution in [2.45, 2.75) is 71.3 Å². The summed E-state index contributed by atoms with van der Waals surface area (Å²) in [6.07, 6.45) is 8.43. The summed E-state index contributed by atoms with van der Waals surface area (Å²) >= 11 is 1.91. The Balaban J connectivity index is 1.19. The van der Waals surface area contributed by atoms with Crippen LogP contribution < -0.4 is 9.13 Å². The Bertz CT molecular complexity index is 3390. The first kappa shape index (κ1) is 34.2. The van der Waals surface area contributed by atoms with Crippen LogP contribution >= 0.6 is 11.3 Å². The first-order valence-electron chi connectivity index (χ1n) is 20.9. The molecule has 5 aromatic heterocycles. The molecule has 282 valence electrons. The molecule has 0 bridgehead atoms. The number of hydrogen-bond acceptors (Lipinski definition) is 1. The number of pyridine rings is 2. The molecule has 2 aliphatic rings. The number of fused-ring (bicyclic) bond motifs is 18. The van der Waals surface area contributed by atoms with Gasteiger partial charge in [0.15, 0.2) is 23.6 Å². The maximum Gasteiger partial charge on any atom is 0.218 e. The highest BCUT2D eigenvalue weighted by atomic mass is 32.1. The van der Waals surface area contributed by atoms with Crippen molar-refractivity contribution in [1.82, 2.24) is 4.40 Å². The molecule has 58 heavy (non-hydrogen) atoms. The Morgan fingerprint density at radius 3 is 2.26 bits per heavy atom. The van der Waals surface area contributed by atoms with E-state index in [-0.39, 0.29) is 16.4 Å². The topological polar surface area (TPSA) is 12.2 Å². The maximum absolute atomic E-state index is 4.89. The molecule has 0 aliphatic carbocycles. The van der Waals surface area contributed by atoms with Crippen LogP contribution in [0.15, 0.2) is 140 Å². The van der Waals surface area contributed by atoms with Crippen LogP contribution in [0.5, 0.6) is 0 Å². The molecule has 0 fully saturated rings. The SMILES string of the molecule is C=C1CC2(C)[n+]3ccc(CC(C)(C)C)cc3-c3cc4c5cccc6c7cc8sc9ccccc9c8cc7n(c4cc3C2(C)CCc2ccccc2-c2cccc[n+]21)c56. The van der Waals surface area contributed by atoms with Crippen LogP contribution in [-0.4, -0.2) is 4.40 Å².